The predicted octanol–water partition coefficient (Wildman–Crippen LogP) is 7.38. The summed E-state index contributed by atoms with van der Waals surface area (Å²) in [5, 5.41) is 11.2. The molecule has 168 valence electrons. The summed E-state index contributed by atoms with van der Waals surface area (Å²) in [6.45, 7) is 11.2. The van der Waals surface area contributed by atoms with Gasteiger partial charge in [0.25, 0.3) is 0 Å². The minimum absolute atomic E-state index is 0.000317. The molecular weight excluding hydrogens is 386 g/mol. The number of phenolic OH excluding ortho intramolecular Hbond substituents is 1. The lowest BCUT2D eigenvalue weighted by molar-refractivity contribution is 0.00896. The lowest BCUT2D eigenvalue weighted by atomic mass is 9.66. The molecule has 2 heterocycles. The lowest BCUT2D eigenvalue weighted by Gasteiger charge is -2.47. The van der Waals surface area contributed by atoms with Gasteiger partial charge in [0.15, 0.2) is 0 Å². The summed E-state index contributed by atoms with van der Waals surface area (Å²) in [6, 6.07) is 4.18. The quantitative estimate of drug-likeness (QED) is 0.472. The molecular formula is C27H37NO3. The molecule has 2 atom stereocenters. The van der Waals surface area contributed by atoms with Crippen molar-refractivity contribution in [3.63, 3.8) is 0 Å². The summed E-state index contributed by atoms with van der Waals surface area (Å²) in [6.07, 6.45) is 13.3. The van der Waals surface area contributed by atoms with Gasteiger partial charge in [-0.05, 0) is 56.2 Å². The Kier molecular flexibility index (Phi) is 5.93. The number of hydrogen-bond acceptors (Lipinski definition) is 4. The van der Waals surface area contributed by atoms with Gasteiger partial charge in [0.2, 0.25) is 5.89 Å². The Morgan fingerprint density at radius 3 is 2.71 bits per heavy atom. The van der Waals surface area contributed by atoms with Crippen LogP contribution in [0.4, 0.5) is 0 Å². The number of aromatic nitrogens is 1. The Hall–Kier alpha value is -2.23. The van der Waals surface area contributed by atoms with Gasteiger partial charge in [-0.25, -0.2) is 4.98 Å². The summed E-state index contributed by atoms with van der Waals surface area (Å²) in [5.74, 6) is 2.39. The van der Waals surface area contributed by atoms with Crippen LogP contribution in [0.3, 0.4) is 0 Å². The van der Waals surface area contributed by atoms with E-state index in [4.69, 9.17) is 9.15 Å². The van der Waals surface area contributed by atoms with Gasteiger partial charge >= 0.3 is 0 Å². The first-order valence-electron chi connectivity index (χ1n) is 11.9. The van der Waals surface area contributed by atoms with Crippen LogP contribution in [0.2, 0.25) is 0 Å². The van der Waals surface area contributed by atoms with Crippen LogP contribution in [-0.2, 0) is 5.41 Å². The number of benzene rings is 1. The van der Waals surface area contributed by atoms with Gasteiger partial charge in [0.1, 0.15) is 23.4 Å². The molecule has 31 heavy (non-hydrogen) atoms. The first-order chi connectivity index (χ1) is 14.7. The van der Waals surface area contributed by atoms with Gasteiger partial charge in [0, 0.05) is 23.0 Å². The van der Waals surface area contributed by atoms with Crippen LogP contribution >= 0.6 is 0 Å². The summed E-state index contributed by atoms with van der Waals surface area (Å²) in [5.41, 5.74) is 2.93. The molecule has 0 fully saturated rings. The minimum Gasteiger partial charge on any atom is -0.508 e. The highest BCUT2D eigenvalue weighted by Gasteiger charge is 2.47. The standard InChI is InChI=1S/C27H37NO3/c1-6-7-8-9-12-26(2,3)19-16-22(29)24-20-15-18(25-28-13-14-30-25)10-11-21(20)27(4,5)31-23(24)17-19/h10,13-14,16-17,20-21,29H,6-9,11-12,15H2,1-5H3/t20-,21-/m1/s1. The molecule has 2 aliphatic rings. The van der Waals surface area contributed by atoms with Gasteiger partial charge in [-0.1, -0.05) is 52.5 Å². The SMILES string of the molecule is CCCCCCC(C)(C)c1cc(O)c2c(c1)OC(C)(C)[C@@H]1CC=C(c3ncco3)C[C@@H]21. The van der Waals surface area contributed by atoms with Gasteiger partial charge in [-0.3, -0.25) is 0 Å². The Balaban J connectivity index is 1.66. The molecule has 1 aromatic carbocycles. The maximum absolute atomic E-state index is 11.2. The molecule has 4 nitrogen and oxygen atoms in total. The van der Waals surface area contributed by atoms with Crippen molar-refractivity contribution >= 4 is 5.57 Å². The maximum atomic E-state index is 11.2. The van der Waals surface area contributed by atoms with Crippen molar-refractivity contribution in [1.29, 1.82) is 0 Å². The second-order valence-electron chi connectivity index (χ2n) is 10.5. The highest BCUT2D eigenvalue weighted by Crippen LogP contribution is 2.55. The number of phenols is 1. The molecule has 0 amide bonds. The van der Waals surface area contributed by atoms with Crippen LogP contribution in [-0.4, -0.2) is 15.7 Å². The molecule has 0 radical (unpaired) electrons. The number of rotatable bonds is 7. The minimum atomic E-state index is -0.299. The smallest absolute Gasteiger partial charge is 0.221 e. The molecule has 0 saturated heterocycles. The second-order valence-corrected chi connectivity index (χ2v) is 10.5. The Bertz CT molecular complexity index is 940. The third-order valence-corrected chi connectivity index (χ3v) is 7.44. The van der Waals surface area contributed by atoms with E-state index < -0.39 is 0 Å². The molecule has 1 aliphatic carbocycles. The largest absolute Gasteiger partial charge is 0.508 e. The van der Waals surface area contributed by atoms with E-state index in [1.54, 1.807) is 12.5 Å². The monoisotopic (exact) mass is 423 g/mol. The highest BCUT2D eigenvalue weighted by molar-refractivity contribution is 5.64. The van der Waals surface area contributed by atoms with E-state index in [-0.39, 0.29) is 16.9 Å². The van der Waals surface area contributed by atoms with Crippen molar-refractivity contribution in [3.8, 4) is 11.5 Å². The third kappa shape index (κ3) is 4.26. The number of aromatic hydroxyl groups is 1. The highest BCUT2D eigenvalue weighted by atomic mass is 16.5. The molecule has 1 aromatic heterocycles. The fourth-order valence-corrected chi connectivity index (χ4v) is 5.48. The molecule has 4 rings (SSSR count). The van der Waals surface area contributed by atoms with E-state index in [0.29, 0.717) is 17.6 Å². The van der Waals surface area contributed by atoms with E-state index in [0.717, 1.165) is 41.7 Å². The van der Waals surface area contributed by atoms with Crippen molar-refractivity contribution in [2.24, 2.45) is 5.92 Å². The molecule has 0 spiro atoms. The van der Waals surface area contributed by atoms with Gasteiger partial charge in [0.05, 0.1) is 6.20 Å². The zero-order chi connectivity index (χ0) is 22.2. The lowest BCUT2D eigenvalue weighted by Crippen LogP contribution is -2.45. The topological polar surface area (TPSA) is 55.5 Å². The van der Waals surface area contributed by atoms with Crippen LogP contribution in [0.5, 0.6) is 11.5 Å². The fourth-order valence-electron chi connectivity index (χ4n) is 5.48. The third-order valence-electron chi connectivity index (χ3n) is 7.44. The molecule has 0 unspecified atom stereocenters. The van der Waals surface area contributed by atoms with Gasteiger partial charge in [-0.15, -0.1) is 0 Å². The Morgan fingerprint density at radius 2 is 2.00 bits per heavy atom. The van der Waals surface area contributed by atoms with Crippen LogP contribution < -0.4 is 4.74 Å². The van der Waals surface area contributed by atoms with E-state index in [2.05, 4.69) is 51.7 Å². The zero-order valence-corrected chi connectivity index (χ0v) is 19.7. The first kappa shape index (κ1) is 22.0. The molecule has 0 bridgehead atoms. The van der Waals surface area contributed by atoms with E-state index >= 15 is 0 Å². The van der Waals surface area contributed by atoms with Gasteiger partial charge < -0.3 is 14.3 Å². The van der Waals surface area contributed by atoms with E-state index in [1.165, 1.54) is 25.7 Å². The Morgan fingerprint density at radius 1 is 1.19 bits per heavy atom. The molecule has 4 heteroatoms. The van der Waals surface area contributed by atoms with Crippen LogP contribution in [0.1, 0.15) is 102 Å². The van der Waals surface area contributed by atoms with Crippen molar-refractivity contribution in [3.05, 3.63) is 47.7 Å². The number of oxazole rings is 1. The molecule has 0 saturated carbocycles. The number of fused-ring (bicyclic) bond motifs is 3. The first-order valence-corrected chi connectivity index (χ1v) is 11.9. The number of unbranched alkanes of at least 4 members (excludes halogenated alkanes) is 3. The summed E-state index contributed by atoms with van der Waals surface area (Å²) in [7, 11) is 0. The van der Waals surface area contributed by atoms with Crippen molar-refractivity contribution in [2.45, 2.75) is 96.5 Å². The average molecular weight is 424 g/mol. The van der Waals surface area contributed by atoms with Crippen molar-refractivity contribution < 1.29 is 14.3 Å². The maximum Gasteiger partial charge on any atom is 0.221 e. The van der Waals surface area contributed by atoms with Crippen LogP contribution in [0.25, 0.3) is 5.57 Å². The van der Waals surface area contributed by atoms with Gasteiger partial charge in [-0.2, -0.15) is 0 Å². The van der Waals surface area contributed by atoms with E-state index in [1.807, 2.05) is 6.07 Å². The predicted molar refractivity (Wildman–Crippen MR) is 125 cm³/mol. The number of ether oxygens (including phenoxy) is 1. The number of hydrogen-bond donors (Lipinski definition) is 1. The fraction of sp³-hybridized carbons (Fsp3) is 0.593. The average Bonchev–Trinajstić information content (AvgIpc) is 3.25. The summed E-state index contributed by atoms with van der Waals surface area (Å²) < 4.78 is 12.1. The molecule has 2 aromatic rings. The molecule has 1 aliphatic heterocycles. The summed E-state index contributed by atoms with van der Waals surface area (Å²) >= 11 is 0. The molecule has 1 N–H and O–H groups in total. The Labute approximate surface area is 186 Å². The summed E-state index contributed by atoms with van der Waals surface area (Å²) in [4.78, 5) is 4.35. The van der Waals surface area contributed by atoms with E-state index in [9.17, 15) is 5.11 Å². The van der Waals surface area contributed by atoms with Crippen molar-refractivity contribution in [1.82, 2.24) is 4.98 Å². The number of nitrogens with zero attached hydrogens (tertiary/aromatic N) is 1. The van der Waals surface area contributed by atoms with Crippen molar-refractivity contribution in [2.75, 3.05) is 0 Å². The second kappa shape index (κ2) is 8.37. The zero-order valence-electron chi connectivity index (χ0n) is 19.7. The van der Waals surface area contributed by atoms with Crippen LogP contribution in [0, 0.1) is 5.92 Å². The van der Waals surface area contributed by atoms with Crippen LogP contribution in [0.15, 0.2) is 35.1 Å². The number of allylic oxidation sites excluding steroid dienone is 2. The normalized spacial score (nSPS) is 22.3.